The van der Waals surface area contributed by atoms with Crippen LogP contribution in [0.4, 0.5) is 0 Å². The fourth-order valence-corrected chi connectivity index (χ4v) is 3.61. The van der Waals surface area contributed by atoms with E-state index in [-0.39, 0.29) is 10.0 Å². The molecule has 1 aromatic rings. The molecule has 0 aromatic carbocycles. The summed E-state index contributed by atoms with van der Waals surface area (Å²) < 4.78 is 24.2. The highest BCUT2D eigenvalue weighted by Crippen LogP contribution is 2.29. The number of aryl methyl sites for hydroxylation is 2. The predicted octanol–water partition coefficient (Wildman–Crippen LogP) is 2.80. The maximum Gasteiger partial charge on any atom is 0.183 e. The van der Waals surface area contributed by atoms with E-state index in [0.717, 1.165) is 36.9 Å². The van der Waals surface area contributed by atoms with Gasteiger partial charge < -0.3 is 0 Å². The van der Waals surface area contributed by atoms with E-state index in [9.17, 15) is 8.42 Å². The molecule has 0 saturated heterocycles. The zero-order valence-corrected chi connectivity index (χ0v) is 11.6. The number of fused-ring (bicyclic) bond motifs is 1. The average Bonchev–Trinajstić information content (AvgIpc) is 2.27. The first-order chi connectivity index (χ1) is 7.93. The monoisotopic (exact) mass is 273 g/mol. The molecule has 1 aliphatic rings. The van der Waals surface area contributed by atoms with Crippen LogP contribution in [-0.2, 0) is 22.7 Å². The molecular formula is C12H16ClNO2S. The summed E-state index contributed by atoms with van der Waals surface area (Å²) in [6.07, 6.45) is 4.00. The predicted molar refractivity (Wildman–Crippen MR) is 68.2 cm³/mol. The zero-order chi connectivity index (χ0) is 12.6. The van der Waals surface area contributed by atoms with Crippen molar-refractivity contribution < 1.29 is 8.42 Å². The quantitative estimate of drug-likeness (QED) is 0.779. The summed E-state index contributed by atoms with van der Waals surface area (Å²) in [4.78, 5) is 4.44. The highest BCUT2D eigenvalue weighted by Gasteiger charge is 2.25. The summed E-state index contributed by atoms with van der Waals surface area (Å²) in [5.41, 5.74) is 2.00. The molecule has 0 unspecified atom stereocenters. The fourth-order valence-electron chi connectivity index (χ4n) is 2.04. The minimum absolute atomic E-state index is 0.124. The lowest BCUT2D eigenvalue weighted by atomic mass is 9.96. The van der Waals surface area contributed by atoms with Gasteiger partial charge in [-0.05, 0) is 51.2 Å². The van der Waals surface area contributed by atoms with Gasteiger partial charge in [-0.15, -0.1) is 0 Å². The third kappa shape index (κ3) is 2.33. The Bertz CT molecular complexity index is 538. The molecule has 5 heteroatoms. The van der Waals surface area contributed by atoms with Crippen LogP contribution in [0.2, 0.25) is 5.15 Å². The molecule has 0 aliphatic heterocycles. The number of pyridine rings is 1. The molecule has 0 fully saturated rings. The Morgan fingerprint density at radius 3 is 2.59 bits per heavy atom. The fraction of sp³-hybridized carbons (Fsp3) is 0.583. The summed E-state index contributed by atoms with van der Waals surface area (Å²) in [6.45, 7) is 3.32. The van der Waals surface area contributed by atoms with Crippen LogP contribution in [-0.4, -0.2) is 18.7 Å². The Labute approximate surface area is 107 Å². The summed E-state index contributed by atoms with van der Waals surface area (Å²) in [5.74, 6) is 0. The lowest BCUT2D eigenvalue weighted by molar-refractivity contribution is 0.585. The normalized spacial score (nSPS) is 16.0. The van der Waals surface area contributed by atoms with Gasteiger partial charge in [0.05, 0.1) is 5.25 Å². The first kappa shape index (κ1) is 12.8. The number of sulfone groups is 1. The summed E-state index contributed by atoms with van der Waals surface area (Å²) in [6, 6.07) is 1.72. The molecule has 0 N–H and O–H groups in total. The van der Waals surface area contributed by atoms with E-state index in [1.807, 2.05) is 0 Å². The van der Waals surface area contributed by atoms with Crippen LogP contribution < -0.4 is 0 Å². The van der Waals surface area contributed by atoms with Crippen molar-refractivity contribution in [2.24, 2.45) is 0 Å². The number of hydrogen-bond acceptors (Lipinski definition) is 3. The van der Waals surface area contributed by atoms with Crippen molar-refractivity contribution in [3.8, 4) is 0 Å². The molecule has 17 heavy (non-hydrogen) atoms. The van der Waals surface area contributed by atoms with Gasteiger partial charge in [0, 0.05) is 5.69 Å². The van der Waals surface area contributed by atoms with Crippen LogP contribution in [0.5, 0.6) is 0 Å². The van der Waals surface area contributed by atoms with Gasteiger partial charge in [-0.25, -0.2) is 13.4 Å². The summed E-state index contributed by atoms with van der Waals surface area (Å²) in [7, 11) is -3.34. The van der Waals surface area contributed by atoms with Gasteiger partial charge in [-0.3, -0.25) is 0 Å². The summed E-state index contributed by atoms with van der Waals surface area (Å²) in [5, 5.41) is -0.345. The average molecular weight is 274 g/mol. The van der Waals surface area contributed by atoms with Crippen molar-refractivity contribution in [3.05, 3.63) is 22.5 Å². The molecule has 0 atom stereocenters. The van der Waals surface area contributed by atoms with Crippen molar-refractivity contribution in [2.45, 2.75) is 49.7 Å². The molecule has 0 spiro atoms. The number of halogens is 1. The second-order valence-electron chi connectivity index (χ2n) is 4.68. The third-order valence-corrected chi connectivity index (χ3v) is 5.71. The summed E-state index contributed by atoms with van der Waals surface area (Å²) >= 11 is 6.00. The first-order valence-electron chi connectivity index (χ1n) is 5.85. The van der Waals surface area contributed by atoms with Crippen LogP contribution in [0.15, 0.2) is 11.0 Å². The molecule has 0 saturated carbocycles. The van der Waals surface area contributed by atoms with Crippen molar-refractivity contribution in [1.29, 1.82) is 0 Å². The standard InChI is InChI=1S/C12H16ClNO2S/c1-8(2)17(15,16)11-7-9-5-3-4-6-10(9)14-12(11)13/h7-8H,3-6H2,1-2H3. The maximum absolute atomic E-state index is 12.1. The molecular weight excluding hydrogens is 258 g/mol. The van der Waals surface area contributed by atoms with Crippen molar-refractivity contribution in [2.75, 3.05) is 0 Å². The number of nitrogens with zero attached hydrogens (tertiary/aromatic N) is 1. The Balaban J connectivity index is 2.56. The van der Waals surface area contributed by atoms with E-state index < -0.39 is 15.1 Å². The highest BCUT2D eigenvalue weighted by molar-refractivity contribution is 7.92. The minimum atomic E-state index is -3.34. The molecule has 94 valence electrons. The van der Waals surface area contributed by atoms with E-state index in [1.54, 1.807) is 19.9 Å². The number of hydrogen-bond donors (Lipinski definition) is 0. The molecule has 3 nitrogen and oxygen atoms in total. The van der Waals surface area contributed by atoms with Crippen LogP contribution in [0.1, 0.15) is 37.9 Å². The van der Waals surface area contributed by atoms with Gasteiger partial charge in [-0.2, -0.15) is 0 Å². The van der Waals surface area contributed by atoms with E-state index in [4.69, 9.17) is 11.6 Å². The lowest BCUT2D eigenvalue weighted by Crippen LogP contribution is -2.17. The van der Waals surface area contributed by atoms with Gasteiger partial charge in [0.25, 0.3) is 0 Å². The van der Waals surface area contributed by atoms with Crippen LogP contribution >= 0.6 is 11.6 Å². The van der Waals surface area contributed by atoms with E-state index in [0.29, 0.717) is 0 Å². The molecule has 0 bridgehead atoms. The lowest BCUT2D eigenvalue weighted by Gasteiger charge is -2.17. The smallest absolute Gasteiger partial charge is 0.183 e. The van der Waals surface area contributed by atoms with E-state index in [1.165, 1.54) is 0 Å². The molecule has 1 aromatic heterocycles. The SMILES string of the molecule is CC(C)S(=O)(=O)c1cc2c(nc1Cl)CCCC2. The molecule has 1 aliphatic carbocycles. The van der Waals surface area contributed by atoms with Crippen molar-refractivity contribution in [1.82, 2.24) is 4.98 Å². The molecule has 1 heterocycles. The Hall–Kier alpha value is -0.610. The second-order valence-corrected chi connectivity index (χ2v) is 7.51. The van der Waals surface area contributed by atoms with Gasteiger partial charge in [0.2, 0.25) is 0 Å². The van der Waals surface area contributed by atoms with Crippen LogP contribution in [0.25, 0.3) is 0 Å². The van der Waals surface area contributed by atoms with Crippen molar-refractivity contribution in [3.63, 3.8) is 0 Å². The Morgan fingerprint density at radius 1 is 1.29 bits per heavy atom. The second kappa shape index (κ2) is 4.58. The minimum Gasteiger partial charge on any atom is -0.239 e. The molecule has 0 radical (unpaired) electrons. The Morgan fingerprint density at radius 2 is 1.94 bits per heavy atom. The van der Waals surface area contributed by atoms with E-state index >= 15 is 0 Å². The molecule has 2 rings (SSSR count). The maximum atomic E-state index is 12.1. The van der Waals surface area contributed by atoms with Gasteiger partial charge >= 0.3 is 0 Å². The molecule has 0 amide bonds. The number of aromatic nitrogens is 1. The third-order valence-electron chi connectivity index (χ3n) is 3.15. The van der Waals surface area contributed by atoms with Crippen molar-refractivity contribution >= 4 is 21.4 Å². The number of rotatable bonds is 2. The van der Waals surface area contributed by atoms with E-state index in [2.05, 4.69) is 4.98 Å². The topological polar surface area (TPSA) is 47.0 Å². The zero-order valence-electron chi connectivity index (χ0n) is 10.0. The first-order valence-corrected chi connectivity index (χ1v) is 7.77. The highest BCUT2D eigenvalue weighted by atomic mass is 35.5. The van der Waals surface area contributed by atoms with Crippen LogP contribution in [0, 0.1) is 0 Å². The van der Waals surface area contributed by atoms with Gasteiger partial charge in [0.1, 0.15) is 10.0 Å². The largest absolute Gasteiger partial charge is 0.239 e. The van der Waals surface area contributed by atoms with Gasteiger partial charge in [0.15, 0.2) is 9.84 Å². The Kier molecular flexibility index (Phi) is 3.46. The van der Waals surface area contributed by atoms with Crippen LogP contribution in [0.3, 0.4) is 0 Å². The van der Waals surface area contributed by atoms with Gasteiger partial charge in [-0.1, -0.05) is 11.6 Å².